The maximum atomic E-state index is 5.99. The molecule has 20 heavy (non-hydrogen) atoms. The quantitative estimate of drug-likeness (QED) is 0.752. The SMILES string of the molecule is CCCN(CCN(C)C)c1ccc(CC(N)CC)cn1. The van der Waals surface area contributed by atoms with Crippen molar-refractivity contribution in [1.29, 1.82) is 0 Å². The summed E-state index contributed by atoms with van der Waals surface area (Å²) in [6.45, 7) is 7.44. The van der Waals surface area contributed by atoms with Gasteiger partial charge in [-0.3, -0.25) is 0 Å². The van der Waals surface area contributed by atoms with Gasteiger partial charge in [0.1, 0.15) is 5.82 Å². The van der Waals surface area contributed by atoms with Gasteiger partial charge in [-0.05, 0) is 45.0 Å². The smallest absolute Gasteiger partial charge is 0.128 e. The molecule has 0 aromatic carbocycles. The lowest BCUT2D eigenvalue weighted by Crippen LogP contribution is -2.33. The Bertz CT molecular complexity index is 361. The summed E-state index contributed by atoms with van der Waals surface area (Å²) < 4.78 is 0. The van der Waals surface area contributed by atoms with Crippen molar-refractivity contribution in [2.24, 2.45) is 5.73 Å². The van der Waals surface area contributed by atoms with Gasteiger partial charge in [-0.1, -0.05) is 19.9 Å². The van der Waals surface area contributed by atoms with E-state index in [0.29, 0.717) is 0 Å². The van der Waals surface area contributed by atoms with E-state index < -0.39 is 0 Å². The van der Waals surface area contributed by atoms with Crippen molar-refractivity contribution in [3.8, 4) is 0 Å². The van der Waals surface area contributed by atoms with Crippen LogP contribution < -0.4 is 10.6 Å². The first-order valence-electron chi connectivity index (χ1n) is 7.67. The largest absolute Gasteiger partial charge is 0.355 e. The van der Waals surface area contributed by atoms with Gasteiger partial charge in [-0.15, -0.1) is 0 Å². The van der Waals surface area contributed by atoms with E-state index in [0.717, 1.165) is 44.7 Å². The minimum absolute atomic E-state index is 0.239. The van der Waals surface area contributed by atoms with E-state index in [4.69, 9.17) is 5.73 Å². The highest BCUT2D eigenvalue weighted by Crippen LogP contribution is 2.13. The van der Waals surface area contributed by atoms with Crippen LogP contribution in [-0.2, 0) is 6.42 Å². The van der Waals surface area contributed by atoms with Crippen LogP contribution in [0, 0.1) is 0 Å². The highest BCUT2D eigenvalue weighted by atomic mass is 15.2. The van der Waals surface area contributed by atoms with Crippen molar-refractivity contribution in [2.75, 3.05) is 38.6 Å². The van der Waals surface area contributed by atoms with Gasteiger partial charge in [0.2, 0.25) is 0 Å². The second-order valence-electron chi connectivity index (χ2n) is 5.69. The number of likely N-dealkylation sites (N-methyl/N-ethyl adjacent to an activating group) is 1. The minimum atomic E-state index is 0.239. The van der Waals surface area contributed by atoms with Gasteiger partial charge < -0.3 is 15.5 Å². The molecule has 114 valence electrons. The van der Waals surface area contributed by atoms with Crippen LogP contribution in [0.2, 0.25) is 0 Å². The average molecular weight is 278 g/mol. The second kappa shape index (κ2) is 8.93. The molecule has 0 spiro atoms. The summed E-state index contributed by atoms with van der Waals surface area (Å²) in [6, 6.07) is 4.53. The van der Waals surface area contributed by atoms with Gasteiger partial charge in [-0.25, -0.2) is 4.98 Å². The zero-order valence-electron chi connectivity index (χ0n) is 13.5. The number of nitrogens with zero attached hydrogens (tertiary/aromatic N) is 3. The number of anilines is 1. The molecule has 1 unspecified atom stereocenters. The number of hydrogen-bond donors (Lipinski definition) is 1. The van der Waals surface area contributed by atoms with Crippen LogP contribution in [0.4, 0.5) is 5.82 Å². The Morgan fingerprint density at radius 1 is 1.15 bits per heavy atom. The highest BCUT2D eigenvalue weighted by molar-refractivity contribution is 5.39. The molecule has 1 aromatic heterocycles. The molecular formula is C16H30N4. The molecule has 0 saturated carbocycles. The Morgan fingerprint density at radius 2 is 1.90 bits per heavy atom. The summed E-state index contributed by atoms with van der Waals surface area (Å²) >= 11 is 0. The third-order valence-electron chi connectivity index (χ3n) is 3.47. The Balaban J connectivity index is 2.66. The Morgan fingerprint density at radius 3 is 2.40 bits per heavy atom. The number of nitrogens with two attached hydrogens (primary N) is 1. The van der Waals surface area contributed by atoms with Crippen LogP contribution in [0.1, 0.15) is 32.3 Å². The minimum Gasteiger partial charge on any atom is -0.355 e. The van der Waals surface area contributed by atoms with Gasteiger partial charge in [0.25, 0.3) is 0 Å². The normalized spacial score (nSPS) is 12.7. The molecule has 0 amide bonds. The van der Waals surface area contributed by atoms with Crippen molar-refractivity contribution in [3.63, 3.8) is 0 Å². The Hall–Kier alpha value is -1.13. The first-order chi connectivity index (χ1) is 9.56. The Labute approximate surface area is 124 Å². The fourth-order valence-corrected chi connectivity index (χ4v) is 2.10. The Kier molecular flexibility index (Phi) is 7.55. The molecule has 2 N–H and O–H groups in total. The summed E-state index contributed by atoms with van der Waals surface area (Å²) in [5.74, 6) is 1.07. The van der Waals surface area contributed by atoms with E-state index in [2.05, 4.69) is 54.9 Å². The molecule has 0 saturated heterocycles. The second-order valence-corrected chi connectivity index (χ2v) is 5.69. The zero-order chi connectivity index (χ0) is 15.0. The molecule has 1 rings (SSSR count). The number of rotatable bonds is 9. The third kappa shape index (κ3) is 5.88. The molecule has 1 heterocycles. The van der Waals surface area contributed by atoms with Crippen molar-refractivity contribution >= 4 is 5.82 Å². The fourth-order valence-electron chi connectivity index (χ4n) is 2.10. The molecule has 1 aromatic rings. The summed E-state index contributed by atoms with van der Waals surface area (Å²) in [5.41, 5.74) is 7.22. The van der Waals surface area contributed by atoms with Crippen LogP contribution in [0.5, 0.6) is 0 Å². The van der Waals surface area contributed by atoms with E-state index >= 15 is 0 Å². The van der Waals surface area contributed by atoms with Gasteiger partial charge in [-0.2, -0.15) is 0 Å². The van der Waals surface area contributed by atoms with E-state index in [1.54, 1.807) is 0 Å². The lowest BCUT2D eigenvalue weighted by atomic mass is 10.1. The molecule has 4 nitrogen and oxygen atoms in total. The predicted octanol–water partition coefficient (Wildman–Crippen LogP) is 2.14. The van der Waals surface area contributed by atoms with Crippen LogP contribution in [0.15, 0.2) is 18.3 Å². The third-order valence-corrected chi connectivity index (χ3v) is 3.47. The number of aromatic nitrogens is 1. The lowest BCUT2D eigenvalue weighted by molar-refractivity contribution is 0.412. The predicted molar refractivity (Wildman–Crippen MR) is 87.3 cm³/mol. The van der Waals surface area contributed by atoms with Crippen LogP contribution >= 0.6 is 0 Å². The molecule has 0 aliphatic heterocycles. The zero-order valence-corrected chi connectivity index (χ0v) is 13.5. The van der Waals surface area contributed by atoms with Gasteiger partial charge in [0.05, 0.1) is 0 Å². The number of pyridine rings is 1. The molecule has 1 atom stereocenters. The molecule has 0 radical (unpaired) electrons. The van der Waals surface area contributed by atoms with Crippen LogP contribution in [-0.4, -0.2) is 49.7 Å². The van der Waals surface area contributed by atoms with Crippen LogP contribution in [0.3, 0.4) is 0 Å². The molecule has 0 aliphatic rings. The van der Waals surface area contributed by atoms with E-state index in [-0.39, 0.29) is 6.04 Å². The highest BCUT2D eigenvalue weighted by Gasteiger charge is 2.08. The van der Waals surface area contributed by atoms with Gasteiger partial charge >= 0.3 is 0 Å². The van der Waals surface area contributed by atoms with E-state index in [9.17, 15) is 0 Å². The van der Waals surface area contributed by atoms with Crippen molar-refractivity contribution in [2.45, 2.75) is 39.2 Å². The van der Waals surface area contributed by atoms with Crippen molar-refractivity contribution in [3.05, 3.63) is 23.9 Å². The first kappa shape index (κ1) is 16.9. The van der Waals surface area contributed by atoms with Gasteiger partial charge in [0, 0.05) is 31.9 Å². The van der Waals surface area contributed by atoms with E-state index in [1.165, 1.54) is 5.56 Å². The average Bonchev–Trinajstić information content (AvgIpc) is 2.44. The first-order valence-corrected chi connectivity index (χ1v) is 7.67. The maximum Gasteiger partial charge on any atom is 0.128 e. The number of hydrogen-bond acceptors (Lipinski definition) is 4. The summed E-state index contributed by atoms with van der Waals surface area (Å²) in [6.07, 6.45) is 5.03. The van der Waals surface area contributed by atoms with Gasteiger partial charge in [0.15, 0.2) is 0 Å². The molecular weight excluding hydrogens is 248 g/mol. The fraction of sp³-hybridized carbons (Fsp3) is 0.688. The summed E-state index contributed by atoms with van der Waals surface area (Å²) in [5, 5.41) is 0. The van der Waals surface area contributed by atoms with Crippen molar-refractivity contribution < 1.29 is 0 Å². The lowest BCUT2D eigenvalue weighted by Gasteiger charge is -2.25. The topological polar surface area (TPSA) is 45.4 Å². The standard InChI is InChI=1S/C16H30N4/c1-5-9-20(11-10-19(3)4)16-8-7-14(13-18-16)12-15(17)6-2/h7-8,13,15H,5-6,9-12,17H2,1-4H3. The maximum absolute atomic E-state index is 5.99. The van der Waals surface area contributed by atoms with Crippen molar-refractivity contribution in [1.82, 2.24) is 9.88 Å². The molecule has 0 bridgehead atoms. The molecule has 4 heteroatoms. The summed E-state index contributed by atoms with van der Waals surface area (Å²) in [7, 11) is 4.21. The monoisotopic (exact) mass is 278 g/mol. The van der Waals surface area contributed by atoms with E-state index in [1.807, 2.05) is 6.20 Å². The summed E-state index contributed by atoms with van der Waals surface area (Å²) in [4.78, 5) is 9.17. The molecule has 0 aliphatic carbocycles. The molecule has 0 fully saturated rings. The van der Waals surface area contributed by atoms with Crippen LogP contribution in [0.25, 0.3) is 0 Å².